The quantitative estimate of drug-likeness (QED) is 0.165. The Hall–Kier alpha value is -4.79. The molecule has 51 heavy (non-hydrogen) atoms. The van der Waals surface area contributed by atoms with E-state index < -0.39 is 0 Å². The van der Waals surface area contributed by atoms with Crippen LogP contribution < -0.4 is 4.90 Å². The largest absolute Gasteiger partial charge is 2.00 e. The van der Waals surface area contributed by atoms with Gasteiger partial charge in [0.05, 0.1) is 16.9 Å². The van der Waals surface area contributed by atoms with Crippen molar-refractivity contribution >= 4 is 33.3 Å². The fourth-order valence-corrected chi connectivity index (χ4v) is 8.93. The summed E-state index contributed by atoms with van der Waals surface area (Å²) < 4.78 is 2.32. The molecule has 0 amide bonds. The molecule has 0 radical (unpaired) electrons. The minimum Gasteiger partial charge on any atom is -0.354 e. The molecule has 0 bridgehead atoms. The Morgan fingerprint density at radius 1 is 0.686 bits per heavy atom. The molecule has 1 aliphatic heterocycles. The van der Waals surface area contributed by atoms with Crippen molar-refractivity contribution in [2.45, 2.75) is 66.0 Å². The number of aryl methyl sites for hydroxylation is 5. The number of anilines is 1. The van der Waals surface area contributed by atoms with E-state index in [1.54, 1.807) is 0 Å². The third-order valence-corrected chi connectivity index (χ3v) is 11.3. The molecule has 2 aromatic heterocycles. The normalized spacial score (nSPS) is 19.3. The number of benzene rings is 5. The first-order valence-corrected chi connectivity index (χ1v) is 17.6. The Morgan fingerprint density at radius 3 is 2.20 bits per heavy atom. The number of pyridine rings is 1. The van der Waals surface area contributed by atoms with Gasteiger partial charge in [-0.2, -0.15) is 0 Å². The SMILES string of the molecule is Cc1cc(C2=N[C@]3(C)Cc4ccccc4[C@]3(C)N2c2c(C)cc(C)cc2C)[c-]c(-n2c3[c-]c(-c4cc(C)ccn4)ccc3c3ccccc32)c1.[Pt+2]. The van der Waals surface area contributed by atoms with Gasteiger partial charge in [0.15, 0.2) is 0 Å². The summed E-state index contributed by atoms with van der Waals surface area (Å²) in [4.78, 5) is 13.0. The molecule has 7 aromatic rings. The van der Waals surface area contributed by atoms with Crippen molar-refractivity contribution in [2.75, 3.05) is 4.90 Å². The molecule has 0 N–H and O–H groups in total. The van der Waals surface area contributed by atoms with Crippen LogP contribution in [0.2, 0.25) is 0 Å². The van der Waals surface area contributed by atoms with E-state index in [0.717, 1.165) is 56.7 Å². The van der Waals surface area contributed by atoms with Crippen molar-refractivity contribution in [1.82, 2.24) is 9.55 Å². The van der Waals surface area contributed by atoms with E-state index in [9.17, 15) is 0 Å². The Balaban J connectivity index is 0.00000374. The molecule has 9 rings (SSSR count). The van der Waals surface area contributed by atoms with Gasteiger partial charge in [0.25, 0.3) is 0 Å². The zero-order chi connectivity index (χ0) is 34.5. The van der Waals surface area contributed by atoms with Gasteiger partial charge in [0.2, 0.25) is 0 Å². The summed E-state index contributed by atoms with van der Waals surface area (Å²) >= 11 is 0. The average Bonchev–Trinajstić information content (AvgIpc) is 3.62. The fraction of sp³-hybridized carbons (Fsp3) is 0.217. The van der Waals surface area contributed by atoms with Crippen LogP contribution in [0.15, 0.2) is 108 Å². The minimum absolute atomic E-state index is 0. The Morgan fingerprint density at radius 2 is 1.41 bits per heavy atom. The van der Waals surface area contributed by atoms with Crippen LogP contribution in [0.25, 0.3) is 38.8 Å². The summed E-state index contributed by atoms with van der Waals surface area (Å²) in [6, 6.07) is 42.9. The molecule has 0 spiro atoms. The summed E-state index contributed by atoms with van der Waals surface area (Å²) in [5, 5.41) is 2.35. The molecule has 0 fully saturated rings. The molecule has 5 heteroatoms. The van der Waals surface area contributed by atoms with Crippen LogP contribution in [-0.2, 0) is 33.0 Å². The smallest absolute Gasteiger partial charge is 0.354 e. The van der Waals surface area contributed by atoms with E-state index in [-0.39, 0.29) is 32.1 Å². The van der Waals surface area contributed by atoms with Gasteiger partial charge in [-0.1, -0.05) is 84.1 Å². The number of amidine groups is 1. The van der Waals surface area contributed by atoms with Crippen LogP contribution in [0, 0.1) is 46.8 Å². The number of para-hydroxylation sites is 1. The Labute approximate surface area is 315 Å². The molecule has 0 saturated carbocycles. The van der Waals surface area contributed by atoms with E-state index >= 15 is 0 Å². The molecule has 4 nitrogen and oxygen atoms in total. The number of hydrogen-bond donors (Lipinski definition) is 0. The van der Waals surface area contributed by atoms with Gasteiger partial charge in [-0.25, -0.2) is 0 Å². The molecule has 1 aliphatic carbocycles. The standard InChI is InChI=1S/C46H40N4.Pt/c1-28-18-19-47-40(24-28)33-16-17-38-37-13-9-11-15-41(37)49(42(38)26-33)36-23-30(3)22-35(25-36)44-48-45(6)27-34-12-8-10-14-39(34)46(45,7)50(44)43-31(4)20-29(2)21-32(43)5;/h8-24H,27H2,1-7H3;/q-2;+2/t45-,46+;/m1./s1. The minimum atomic E-state index is -0.377. The molecular formula is C46H40N4Pt. The van der Waals surface area contributed by atoms with E-state index in [0.29, 0.717) is 0 Å². The van der Waals surface area contributed by atoms with E-state index in [1.807, 2.05) is 12.3 Å². The third kappa shape index (κ3) is 4.90. The fourth-order valence-electron chi connectivity index (χ4n) is 8.93. The topological polar surface area (TPSA) is 33.4 Å². The molecule has 0 saturated heterocycles. The van der Waals surface area contributed by atoms with Crippen LogP contribution in [0.1, 0.15) is 58.4 Å². The van der Waals surface area contributed by atoms with Gasteiger partial charge in [-0.3, -0.25) is 0 Å². The second kappa shape index (κ2) is 11.9. The number of nitrogens with zero attached hydrogens (tertiary/aromatic N) is 4. The van der Waals surface area contributed by atoms with E-state index in [2.05, 4.69) is 161 Å². The molecule has 2 atom stereocenters. The van der Waals surface area contributed by atoms with Crippen molar-refractivity contribution in [3.05, 3.63) is 160 Å². The molecule has 2 aliphatic rings. The summed E-state index contributed by atoms with van der Waals surface area (Å²) in [5.74, 6) is 0.971. The molecule has 5 aromatic carbocycles. The van der Waals surface area contributed by atoms with E-state index in [1.165, 1.54) is 44.5 Å². The molecule has 3 heterocycles. The Bertz CT molecular complexity index is 2550. The maximum atomic E-state index is 5.74. The van der Waals surface area contributed by atoms with Crippen LogP contribution in [0.5, 0.6) is 0 Å². The van der Waals surface area contributed by atoms with Gasteiger partial charge in [0.1, 0.15) is 0 Å². The van der Waals surface area contributed by atoms with Gasteiger partial charge < -0.3 is 19.4 Å². The number of aliphatic imine (C=N–C) groups is 1. The molecule has 254 valence electrons. The van der Waals surface area contributed by atoms with Gasteiger partial charge in [-0.05, 0) is 105 Å². The van der Waals surface area contributed by atoms with Crippen LogP contribution in [-0.4, -0.2) is 20.9 Å². The number of rotatable bonds is 4. The van der Waals surface area contributed by atoms with E-state index in [4.69, 9.17) is 9.98 Å². The van der Waals surface area contributed by atoms with Gasteiger partial charge in [0, 0.05) is 17.4 Å². The zero-order valence-corrected chi connectivity index (χ0v) is 32.4. The first kappa shape index (κ1) is 33.4. The summed E-state index contributed by atoms with van der Waals surface area (Å²) in [7, 11) is 0. The summed E-state index contributed by atoms with van der Waals surface area (Å²) in [6.07, 6.45) is 2.76. The predicted molar refractivity (Wildman–Crippen MR) is 207 cm³/mol. The van der Waals surface area contributed by atoms with Crippen molar-refractivity contribution < 1.29 is 21.1 Å². The zero-order valence-electron chi connectivity index (χ0n) is 30.1. The average molecular weight is 844 g/mol. The molecular weight excluding hydrogens is 804 g/mol. The maximum Gasteiger partial charge on any atom is 2.00 e. The summed E-state index contributed by atoms with van der Waals surface area (Å²) in [5.41, 5.74) is 15.3. The first-order valence-electron chi connectivity index (χ1n) is 17.6. The van der Waals surface area contributed by atoms with Crippen molar-refractivity contribution in [3.8, 4) is 16.9 Å². The summed E-state index contributed by atoms with van der Waals surface area (Å²) in [6.45, 7) is 15.7. The molecule has 0 unspecified atom stereocenters. The van der Waals surface area contributed by atoms with Crippen LogP contribution >= 0.6 is 0 Å². The van der Waals surface area contributed by atoms with Crippen LogP contribution in [0.4, 0.5) is 5.69 Å². The van der Waals surface area contributed by atoms with Crippen molar-refractivity contribution in [1.29, 1.82) is 0 Å². The first-order chi connectivity index (χ1) is 24.1. The second-order valence-electron chi connectivity index (χ2n) is 14.9. The number of hydrogen-bond acceptors (Lipinski definition) is 3. The van der Waals surface area contributed by atoms with Gasteiger partial charge in [-0.15, -0.1) is 53.1 Å². The predicted octanol–water partition coefficient (Wildman–Crippen LogP) is 10.5. The number of aromatic nitrogens is 2. The third-order valence-electron chi connectivity index (χ3n) is 11.3. The Kier molecular flexibility index (Phi) is 7.78. The monoisotopic (exact) mass is 843 g/mol. The second-order valence-corrected chi connectivity index (χ2v) is 14.9. The van der Waals surface area contributed by atoms with Gasteiger partial charge >= 0.3 is 21.1 Å². The maximum absolute atomic E-state index is 5.74. The number of fused-ring (bicyclic) bond motifs is 6. The van der Waals surface area contributed by atoms with Crippen molar-refractivity contribution in [2.24, 2.45) is 4.99 Å². The van der Waals surface area contributed by atoms with Crippen molar-refractivity contribution in [3.63, 3.8) is 0 Å². The van der Waals surface area contributed by atoms with Crippen LogP contribution in [0.3, 0.4) is 0 Å².